The second kappa shape index (κ2) is 4.60. The molecular weight excluding hydrogens is 222 g/mol. The number of rotatable bonds is 4. The van der Waals surface area contributed by atoms with Crippen molar-refractivity contribution < 1.29 is 4.92 Å². The van der Waals surface area contributed by atoms with Gasteiger partial charge in [-0.05, 0) is 12.5 Å². The van der Waals surface area contributed by atoms with Gasteiger partial charge in [0.1, 0.15) is 11.4 Å². The second-order valence-electron chi connectivity index (χ2n) is 3.51. The molecule has 2 rings (SSSR count). The highest BCUT2D eigenvalue weighted by Crippen LogP contribution is 2.24. The number of aromatic nitrogens is 3. The average molecular weight is 233 g/mol. The quantitative estimate of drug-likeness (QED) is 0.606. The third kappa shape index (κ3) is 2.39. The monoisotopic (exact) mass is 233 g/mol. The summed E-state index contributed by atoms with van der Waals surface area (Å²) < 4.78 is 0. The maximum atomic E-state index is 10.9. The van der Waals surface area contributed by atoms with E-state index in [0.717, 1.165) is 5.69 Å². The zero-order valence-corrected chi connectivity index (χ0v) is 8.96. The van der Waals surface area contributed by atoms with Crippen LogP contribution in [-0.2, 0) is 12.8 Å². The normalized spacial score (nSPS) is 10.4. The number of nitrogen functional groups attached to an aromatic ring is 1. The highest BCUT2D eigenvalue weighted by Gasteiger charge is 2.18. The highest BCUT2D eigenvalue weighted by atomic mass is 16.6. The van der Waals surface area contributed by atoms with Crippen LogP contribution in [0.5, 0.6) is 0 Å². The number of imidazole rings is 1. The number of nitrogens with two attached hydrogens (primary N) is 1. The molecule has 0 fully saturated rings. The Morgan fingerprint density at radius 2 is 2.24 bits per heavy atom. The molecule has 0 saturated heterocycles. The van der Waals surface area contributed by atoms with Crippen LogP contribution in [0.25, 0.3) is 0 Å². The van der Waals surface area contributed by atoms with Crippen LogP contribution in [0.4, 0.5) is 11.4 Å². The van der Waals surface area contributed by atoms with Crippen LogP contribution in [0.15, 0.2) is 24.8 Å². The van der Waals surface area contributed by atoms with Crippen LogP contribution in [0.1, 0.15) is 11.4 Å². The number of nitrogens with zero attached hydrogens (tertiary/aromatic N) is 3. The van der Waals surface area contributed by atoms with Crippen molar-refractivity contribution in [3.8, 4) is 0 Å². The molecule has 2 aromatic heterocycles. The van der Waals surface area contributed by atoms with Crippen molar-refractivity contribution in [3.63, 3.8) is 0 Å². The number of nitrogens with one attached hydrogen (secondary N) is 1. The van der Waals surface area contributed by atoms with Gasteiger partial charge in [0.15, 0.2) is 0 Å². The molecule has 0 aliphatic heterocycles. The third-order valence-electron chi connectivity index (χ3n) is 2.39. The lowest BCUT2D eigenvalue weighted by Gasteiger charge is -2.02. The lowest BCUT2D eigenvalue weighted by molar-refractivity contribution is -0.384. The summed E-state index contributed by atoms with van der Waals surface area (Å²) in [7, 11) is 0. The van der Waals surface area contributed by atoms with Crippen LogP contribution in [0, 0.1) is 10.1 Å². The van der Waals surface area contributed by atoms with E-state index in [4.69, 9.17) is 5.73 Å². The number of nitro groups is 1. The number of H-pyrrole nitrogens is 1. The summed E-state index contributed by atoms with van der Waals surface area (Å²) >= 11 is 0. The van der Waals surface area contributed by atoms with Crippen molar-refractivity contribution >= 4 is 11.4 Å². The molecule has 0 aromatic carbocycles. The molecule has 0 amide bonds. The summed E-state index contributed by atoms with van der Waals surface area (Å²) in [5.74, 6) is 0. The Balaban J connectivity index is 2.21. The van der Waals surface area contributed by atoms with E-state index in [1.165, 1.54) is 12.3 Å². The van der Waals surface area contributed by atoms with Crippen LogP contribution in [-0.4, -0.2) is 19.9 Å². The summed E-state index contributed by atoms with van der Waals surface area (Å²) in [6, 6.07) is 1.43. The van der Waals surface area contributed by atoms with E-state index in [0.29, 0.717) is 18.5 Å². The second-order valence-corrected chi connectivity index (χ2v) is 3.51. The Labute approximate surface area is 96.9 Å². The molecule has 0 aliphatic carbocycles. The fourth-order valence-corrected chi connectivity index (χ4v) is 1.58. The van der Waals surface area contributed by atoms with E-state index in [-0.39, 0.29) is 11.4 Å². The van der Waals surface area contributed by atoms with Gasteiger partial charge in [-0.3, -0.25) is 15.1 Å². The number of pyridine rings is 1. The molecule has 0 unspecified atom stereocenters. The van der Waals surface area contributed by atoms with Crippen LogP contribution < -0.4 is 5.73 Å². The summed E-state index contributed by atoms with van der Waals surface area (Å²) in [6.07, 6.45) is 5.81. The lowest BCUT2D eigenvalue weighted by atomic mass is 10.1. The molecule has 17 heavy (non-hydrogen) atoms. The summed E-state index contributed by atoms with van der Waals surface area (Å²) in [5, 5.41) is 10.9. The van der Waals surface area contributed by atoms with Crippen molar-refractivity contribution in [2.45, 2.75) is 12.8 Å². The summed E-state index contributed by atoms with van der Waals surface area (Å²) in [4.78, 5) is 21.2. The van der Waals surface area contributed by atoms with E-state index in [9.17, 15) is 10.1 Å². The Morgan fingerprint density at radius 3 is 2.88 bits per heavy atom. The molecule has 3 N–H and O–H groups in total. The molecular formula is C10H11N5O2. The Kier molecular flexibility index (Phi) is 2.99. The minimum atomic E-state index is -0.498. The highest BCUT2D eigenvalue weighted by molar-refractivity contribution is 5.59. The van der Waals surface area contributed by atoms with Gasteiger partial charge >= 0.3 is 5.69 Å². The predicted molar refractivity (Wildman–Crippen MR) is 61.3 cm³/mol. The molecule has 0 spiro atoms. The number of hydrogen-bond donors (Lipinski definition) is 2. The Morgan fingerprint density at radius 1 is 1.41 bits per heavy atom. The van der Waals surface area contributed by atoms with E-state index < -0.39 is 4.92 Å². The van der Waals surface area contributed by atoms with Gasteiger partial charge in [-0.15, -0.1) is 0 Å². The van der Waals surface area contributed by atoms with E-state index in [1.54, 1.807) is 12.5 Å². The predicted octanol–water partition coefficient (Wildman–Crippen LogP) is 1.08. The van der Waals surface area contributed by atoms with Crippen LogP contribution >= 0.6 is 0 Å². The van der Waals surface area contributed by atoms with Crippen LogP contribution in [0.2, 0.25) is 0 Å². The van der Waals surface area contributed by atoms with Crippen molar-refractivity contribution in [1.29, 1.82) is 0 Å². The maximum absolute atomic E-state index is 10.9. The topological polar surface area (TPSA) is 111 Å². The zero-order valence-electron chi connectivity index (χ0n) is 8.96. The first-order valence-electron chi connectivity index (χ1n) is 5.04. The number of aryl methyl sites for hydroxylation is 2. The first-order chi connectivity index (χ1) is 8.18. The van der Waals surface area contributed by atoms with Crippen molar-refractivity contribution in [2.75, 3.05) is 5.73 Å². The first kappa shape index (κ1) is 11.1. The van der Waals surface area contributed by atoms with Gasteiger partial charge in [0.2, 0.25) is 0 Å². The van der Waals surface area contributed by atoms with E-state index >= 15 is 0 Å². The van der Waals surface area contributed by atoms with Gasteiger partial charge in [-0.2, -0.15) is 0 Å². The van der Waals surface area contributed by atoms with Gasteiger partial charge in [0.05, 0.1) is 16.9 Å². The SMILES string of the molecule is Nc1ccnc(CCc2c[nH]cn2)c1[N+](=O)[O-]. The minimum Gasteiger partial charge on any atom is -0.393 e. The van der Waals surface area contributed by atoms with Gasteiger partial charge in [-0.25, -0.2) is 4.98 Å². The minimum absolute atomic E-state index is 0.108. The Hall–Kier alpha value is -2.44. The number of aromatic amines is 1. The van der Waals surface area contributed by atoms with Crippen LogP contribution in [0.3, 0.4) is 0 Å². The van der Waals surface area contributed by atoms with Crippen molar-refractivity contribution in [3.05, 3.63) is 46.3 Å². The standard InChI is InChI=1S/C10H11N5O2/c11-8-3-4-13-9(10(8)15(16)17)2-1-7-5-12-6-14-7/h3-6H,1-2H2,(H2,11,13)(H,12,14). The molecule has 7 nitrogen and oxygen atoms in total. The summed E-state index contributed by atoms with van der Waals surface area (Å²) in [5.41, 5.74) is 6.82. The van der Waals surface area contributed by atoms with Crippen molar-refractivity contribution in [2.24, 2.45) is 0 Å². The third-order valence-corrected chi connectivity index (χ3v) is 2.39. The van der Waals surface area contributed by atoms with Gasteiger partial charge in [0, 0.05) is 18.8 Å². The molecule has 88 valence electrons. The molecule has 0 bridgehead atoms. The van der Waals surface area contributed by atoms with E-state index in [2.05, 4.69) is 15.0 Å². The first-order valence-corrected chi connectivity index (χ1v) is 5.04. The van der Waals surface area contributed by atoms with Gasteiger partial charge in [-0.1, -0.05) is 0 Å². The molecule has 7 heteroatoms. The lowest BCUT2D eigenvalue weighted by Crippen LogP contribution is -2.04. The number of hydrogen-bond acceptors (Lipinski definition) is 5. The molecule has 2 heterocycles. The molecule has 0 radical (unpaired) electrons. The smallest absolute Gasteiger partial charge is 0.313 e. The molecule has 0 atom stereocenters. The Bertz CT molecular complexity index is 523. The fraction of sp³-hybridized carbons (Fsp3) is 0.200. The van der Waals surface area contributed by atoms with Gasteiger partial charge < -0.3 is 10.7 Å². The largest absolute Gasteiger partial charge is 0.393 e. The van der Waals surface area contributed by atoms with E-state index in [1.807, 2.05) is 0 Å². The summed E-state index contributed by atoms with van der Waals surface area (Å²) in [6.45, 7) is 0. The van der Waals surface area contributed by atoms with Gasteiger partial charge in [0.25, 0.3) is 0 Å². The maximum Gasteiger partial charge on any atom is 0.313 e. The molecule has 0 saturated carbocycles. The zero-order chi connectivity index (χ0) is 12.3. The number of anilines is 1. The van der Waals surface area contributed by atoms with Crippen molar-refractivity contribution in [1.82, 2.24) is 15.0 Å². The average Bonchev–Trinajstić information content (AvgIpc) is 2.78. The molecule has 2 aromatic rings. The molecule has 0 aliphatic rings. The fourth-order valence-electron chi connectivity index (χ4n) is 1.58.